The fourth-order valence-electron chi connectivity index (χ4n) is 6.45. The number of ether oxygens (including phenoxy) is 4. The van der Waals surface area contributed by atoms with Gasteiger partial charge in [-0.2, -0.15) is 0 Å². The molecule has 2 aliphatic heterocycles. The number of hydrogen-bond acceptors (Lipinski definition) is 6. The molecule has 2 bridgehead atoms. The molecular weight excluding hydrogens is 482 g/mol. The molecule has 1 amide bonds. The van der Waals surface area contributed by atoms with Crippen LogP contribution in [0.25, 0.3) is 11.1 Å². The van der Waals surface area contributed by atoms with Gasteiger partial charge in [0.2, 0.25) is 0 Å². The third-order valence-electron chi connectivity index (χ3n) is 8.27. The zero-order chi connectivity index (χ0) is 26.3. The second kappa shape index (κ2) is 12.9. The molecule has 2 unspecified atom stereocenters. The van der Waals surface area contributed by atoms with Gasteiger partial charge in [0.05, 0.1) is 33.0 Å². The minimum atomic E-state index is -0.232. The Morgan fingerprint density at radius 2 is 1.39 bits per heavy atom. The van der Waals surface area contributed by atoms with Crippen LogP contribution in [0.4, 0.5) is 4.79 Å². The molecule has 38 heavy (non-hydrogen) atoms. The third-order valence-corrected chi connectivity index (χ3v) is 8.27. The quantitative estimate of drug-likeness (QED) is 0.357. The second-order valence-electron chi connectivity index (χ2n) is 10.6. The number of carbonyl (C=O) groups excluding carboxylic acids is 2. The average Bonchev–Trinajstić information content (AvgIpc) is 3.26. The van der Waals surface area contributed by atoms with E-state index in [1.165, 1.54) is 22.3 Å². The van der Waals surface area contributed by atoms with Gasteiger partial charge in [0, 0.05) is 37.5 Å². The van der Waals surface area contributed by atoms with Crippen LogP contribution in [0.2, 0.25) is 0 Å². The van der Waals surface area contributed by atoms with Gasteiger partial charge in [-0.25, -0.2) is 4.79 Å². The lowest BCUT2D eigenvalue weighted by Crippen LogP contribution is -2.56. The van der Waals surface area contributed by atoms with Crippen molar-refractivity contribution in [3.8, 4) is 11.1 Å². The van der Waals surface area contributed by atoms with Gasteiger partial charge in [-0.15, -0.1) is 0 Å². The van der Waals surface area contributed by atoms with Gasteiger partial charge >= 0.3 is 6.09 Å². The van der Waals surface area contributed by atoms with E-state index in [0.717, 1.165) is 32.1 Å². The molecule has 7 nitrogen and oxygen atoms in total. The first kappa shape index (κ1) is 26.9. The van der Waals surface area contributed by atoms with E-state index in [1.54, 1.807) is 7.11 Å². The van der Waals surface area contributed by atoms with Crippen molar-refractivity contribution in [2.24, 2.45) is 5.92 Å². The number of ketones is 1. The Balaban J connectivity index is 1.12. The summed E-state index contributed by atoms with van der Waals surface area (Å²) in [7, 11) is 1.64. The molecule has 2 saturated heterocycles. The van der Waals surface area contributed by atoms with Gasteiger partial charge < -0.3 is 23.8 Å². The van der Waals surface area contributed by atoms with Crippen LogP contribution < -0.4 is 0 Å². The van der Waals surface area contributed by atoms with E-state index in [2.05, 4.69) is 36.4 Å². The smallest absolute Gasteiger partial charge is 0.410 e. The van der Waals surface area contributed by atoms with Crippen molar-refractivity contribution in [2.75, 3.05) is 46.8 Å². The molecule has 1 aliphatic carbocycles. The lowest BCUT2D eigenvalue weighted by molar-refractivity contribution is -0.127. The topological polar surface area (TPSA) is 74.3 Å². The average molecular weight is 522 g/mol. The van der Waals surface area contributed by atoms with Crippen LogP contribution in [0.15, 0.2) is 48.5 Å². The first-order valence-electron chi connectivity index (χ1n) is 14.0. The molecule has 5 rings (SSSR count). The fourth-order valence-corrected chi connectivity index (χ4v) is 6.45. The standard InChI is InChI=1S/C31H39NO6/c1-35-15-16-37-18-17-36-14-13-30(33)22-19-23-7-6-8-24(20-22)32(23)31(34)38-21-29-27-11-4-2-9-25(27)26-10-3-5-12-28(26)29/h2-5,9-12,22-24,29H,6-8,13-21H2,1H3. The van der Waals surface area contributed by atoms with Gasteiger partial charge in [-0.3, -0.25) is 4.79 Å². The molecule has 0 radical (unpaired) electrons. The predicted octanol–water partition coefficient (Wildman–Crippen LogP) is 5.21. The summed E-state index contributed by atoms with van der Waals surface area (Å²) in [6.07, 6.45) is 4.57. The third kappa shape index (κ3) is 5.95. The fraction of sp³-hybridized carbons (Fsp3) is 0.548. The molecule has 2 aromatic carbocycles. The van der Waals surface area contributed by atoms with E-state index in [1.807, 2.05) is 17.0 Å². The molecule has 0 N–H and O–H groups in total. The van der Waals surface area contributed by atoms with Crippen LogP contribution in [-0.4, -0.2) is 75.6 Å². The van der Waals surface area contributed by atoms with Crippen LogP contribution in [0.3, 0.4) is 0 Å². The van der Waals surface area contributed by atoms with E-state index in [-0.39, 0.29) is 35.8 Å². The maximum atomic E-state index is 13.4. The molecule has 2 atom stereocenters. The molecule has 2 fully saturated rings. The minimum absolute atomic E-state index is 0.00973. The van der Waals surface area contributed by atoms with Crippen LogP contribution >= 0.6 is 0 Å². The second-order valence-corrected chi connectivity index (χ2v) is 10.6. The number of benzene rings is 2. The minimum Gasteiger partial charge on any atom is -0.448 e. The van der Waals surface area contributed by atoms with Crippen molar-refractivity contribution in [3.05, 3.63) is 59.7 Å². The normalized spacial score (nSPS) is 22.1. The van der Waals surface area contributed by atoms with Crippen molar-refractivity contribution in [1.29, 1.82) is 0 Å². The van der Waals surface area contributed by atoms with Crippen molar-refractivity contribution in [3.63, 3.8) is 0 Å². The first-order valence-corrected chi connectivity index (χ1v) is 14.0. The van der Waals surface area contributed by atoms with Gasteiger partial charge in [0.15, 0.2) is 0 Å². The molecule has 0 aromatic heterocycles. The van der Waals surface area contributed by atoms with Crippen LogP contribution in [0.5, 0.6) is 0 Å². The Morgan fingerprint density at radius 1 is 0.816 bits per heavy atom. The lowest BCUT2D eigenvalue weighted by Gasteiger charge is -2.47. The molecule has 3 aliphatic rings. The van der Waals surface area contributed by atoms with Crippen LogP contribution in [0.1, 0.15) is 55.6 Å². The van der Waals surface area contributed by atoms with E-state index in [0.29, 0.717) is 46.1 Å². The Kier molecular flexibility index (Phi) is 9.10. The highest BCUT2D eigenvalue weighted by Crippen LogP contribution is 2.45. The highest BCUT2D eigenvalue weighted by molar-refractivity contribution is 5.82. The maximum absolute atomic E-state index is 13.4. The van der Waals surface area contributed by atoms with Crippen molar-refractivity contribution in [2.45, 2.75) is 56.5 Å². The predicted molar refractivity (Wildman–Crippen MR) is 144 cm³/mol. The van der Waals surface area contributed by atoms with Crippen molar-refractivity contribution < 1.29 is 28.5 Å². The summed E-state index contributed by atoms with van der Waals surface area (Å²) in [6.45, 7) is 2.83. The lowest BCUT2D eigenvalue weighted by atomic mass is 9.76. The summed E-state index contributed by atoms with van der Waals surface area (Å²) in [4.78, 5) is 28.3. The molecule has 7 heteroatoms. The zero-order valence-corrected chi connectivity index (χ0v) is 22.3. The summed E-state index contributed by atoms with van der Waals surface area (Å²) in [5.41, 5.74) is 4.88. The monoisotopic (exact) mass is 521 g/mol. The highest BCUT2D eigenvalue weighted by atomic mass is 16.6. The Morgan fingerprint density at radius 3 is 2.03 bits per heavy atom. The van der Waals surface area contributed by atoms with Gasteiger partial charge in [-0.1, -0.05) is 48.5 Å². The summed E-state index contributed by atoms with van der Waals surface area (Å²) in [6, 6.07) is 16.9. The molecule has 2 heterocycles. The highest BCUT2D eigenvalue weighted by Gasteiger charge is 2.43. The van der Waals surface area contributed by atoms with Crippen LogP contribution in [-0.2, 0) is 23.7 Å². The number of hydrogen-bond donors (Lipinski definition) is 0. The number of amides is 1. The summed E-state index contributed by atoms with van der Waals surface area (Å²) in [5, 5.41) is 0. The molecule has 2 aromatic rings. The number of Topliss-reactive ketones (excluding diaryl/α,β-unsaturated/α-hetero) is 1. The first-order chi connectivity index (χ1) is 18.7. The number of methoxy groups -OCH3 is 1. The molecular formula is C31H39NO6. The van der Waals surface area contributed by atoms with E-state index in [9.17, 15) is 9.59 Å². The van der Waals surface area contributed by atoms with Crippen molar-refractivity contribution >= 4 is 11.9 Å². The number of carbonyl (C=O) groups is 2. The van der Waals surface area contributed by atoms with Gasteiger partial charge in [0.25, 0.3) is 0 Å². The SMILES string of the molecule is COCCOCCOCCC(=O)C1CC2CCCC(C1)N2C(=O)OCC1c2ccccc2-c2ccccc21. The zero-order valence-electron chi connectivity index (χ0n) is 22.3. The number of nitrogens with zero attached hydrogens (tertiary/aromatic N) is 1. The van der Waals surface area contributed by atoms with Gasteiger partial charge in [0.1, 0.15) is 12.4 Å². The Bertz CT molecular complexity index is 1040. The number of fused-ring (bicyclic) bond motifs is 5. The van der Waals surface area contributed by atoms with E-state index in [4.69, 9.17) is 18.9 Å². The molecule has 0 spiro atoms. The van der Waals surface area contributed by atoms with E-state index < -0.39 is 0 Å². The summed E-state index contributed by atoms with van der Waals surface area (Å²) < 4.78 is 21.9. The summed E-state index contributed by atoms with van der Waals surface area (Å²) in [5.74, 6) is 0.287. The molecule has 204 valence electrons. The summed E-state index contributed by atoms with van der Waals surface area (Å²) >= 11 is 0. The number of piperidine rings is 2. The maximum Gasteiger partial charge on any atom is 0.410 e. The van der Waals surface area contributed by atoms with Crippen molar-refractivity contribution in [1.82, 2.24) is 4.90 Å². The Labute approximate surface area is 225 Å². The van der Waals surface area contributed by atoms with Crippen LogP contribution in [0, 0.1) is 5.92 Å². The Hall–Kier alpha value is -2.74. The van der Waals surface area contributed by atoms with E-state index >= 15 is 0 Å². The largest absolute Gasteiger partial charge is 0.448 e. The number of rotatable bonds is 12. The van der Waals surface area contributed by atoms with Gasteiger partial charge in [-0.05, 0) is 54.4 Å². The molecule has 0 saturated carbocycles.